The Morgan fingerprint density at radius 1 is 1.18 bits per heavy atom. The van der Waals surface area contributed by atoms with Crippen LogP contribution in [-0.2, 0) is 19.1 Å². The summed E-state index contributed by atoms with van der Waals surface area (Å²) in [5.74, 6) is -11.5. The minimum Gasteiger partial charge on any atom is -0.550 e. The summed E-state index contributed by atoms with van der Waals surface area (Å²) in [5.41, 5.74) is 0. The van der Waals surface area contributed by atoms with Crippen LogP contribution in [0.3, 0.4) is 0 Å². The zero-order chi connectivity index (χ0) is 17.6. The first-order valence-corrected chi connectivity index (χ1v) is 6.05. The van der Waals surface area contributed by atoms with Crippen LogP contribution < -0.4 is 10.4 Å². The first-order valence-electron chi connectivity index (χ1n) is 6.05. The Morgan fingerprint density at radius 2 is 1.73 bits per heavy atom. The van der Waals surface area contributed by atoms with Crippen molar-refractivity contribution in [1.29, 1.82) is 0 Å². The van der Waals surface area contributed by atoms with Gasteiger partial charge in [-0.2, -0.15) is 22.0 Å². The number of esters is 1. The number of ether oxygens (including phenoxy) is 1. The van der Waals surface area contributed by atoms with Gasteiger partial charge < -0.3 is 20.0 Å². The van der Waals surface area contributed by atoms with Crippen molar-refractivity contribution in [2.24, 2.45) is 0 Å². The van der Waals surface area contributed by atoms with Crippen LogP contribution in [0.5, 0.6) is 0 Å². The lowest BCUT2D eigenvalue weighted by molar-refractivity contribution is -0.305. The minimum atomic E-state index is -6.15. The second-order valence-corrected chi connectivity index (χ2v) is 4.18. The number of hydrogen-bond acceptors (Lipinski definition) is 5. The van der Waals surface area contributed by atoms with Gasteiger partial charge in [-0.15, -0.1) is 0 Å². The van der Waals surface area contributed by atoms with Gasteiger partial charge in [0, 0.05) is 5.97 Å². The molecule has 0 aliphatic rings. The predicted molar refractivity (Wildman–Crippen MR) is 58.4 cm³/mol. The highest BCUT2D eigenvalue weighted by atomic mass is 19.4. The average molecular weight is 334 g/mol. The number of carboxylic acids is 1. The second-order valence-electron chi connectivity index (χ2n) is 4.18. The van der Waals surface area contributed by atoms with Gasteiger partial charge in [0.05, 0.1) is 6.61 Å². The van der Waals surface area contributed by atoms with Crippen LogP contribution >= 0.6 is 0 Å². The molecule has 0 aromatic carbocycles. The minimum absolute atomic E-state index is 0.174. The summed E-state index contributed by atoms with van der Waals surface area (Å²) in [5, 5.41) is 11.4. The molecule has 0 bridgehead atoms. The Morgan fingerprint density at radius 3 is 2.14 bits per heavy atom. The lowest BCUT2D eigenvalue weighted by Gasteiger charge is -2.23. The smallest absolute Gasteiger partial charge is 0.463 e. The van der Waals surface area contributed by atoms with Crippen LogP contribution in [-0.4, -0.2) is 42.6 Å². The summed E-state index contributed by atoms with van der Waals surface area (Å²) in [6.07, 6.45) is -7.41. The first-order chi connectivity index (χ1) is 9.93. The zero-order valence-electron chi connectivity index (χ0n) is 11.3. The Kier molecular flexibility index (Phi) is 7.20. The van der Waals surface area contributed by atoms with E-state index in [0.29, 0.717) is 6.42 Å². The number of hydrogen-bond donors (Lipinski definition) is 1. The van der Waals surface area contributed by atoms with Crippen LogP contribution in [0, 0.1) is 0 Å². The van der Waals surface area contributed by atoms with Crippen molar-refractivity contribution >= 4 is 17.8 Å². The molecule has 0 radical (unpaired) electrons. The average Bonchev–Trinajstić information content (AvgIpc) is 2.38. The van der Waals surface area contributed by atoms with Crippen molar-refractivity contribution in [3.63, 3.8) is 0 Å². The predicted octanol–water partition coefficient (Wildman–Crippen LogP) is 0.152. The lowest BCUT2D eigenvalue weighted by atomic mass is 10.1. The molecule has 11 heteroatoms. The third kappa shape index (κ3) is 5.82. The van der Waals surface area contributed by atoms with Crippen molar-refractivity contribution in [3.05, 3.63) is 0 Å². The van der Waals surface area contributed by atoms with Crippen LogP contribution in [0.25, 0.3) is 0 Å². The third-order valence-electron chi connectivity index (χ3n) is 2.32. The number of carbonyl (C=O) groups excluding carboxylic acids is 3. The van der Waals surface area contributed by atoms with Gasteiger partial charge >= 0.3 is 24.0 Å². The first kappa shape index (κ1) is 20.1. The van der Waals surface area contributed by atoms with Gasteiger partial charge in [-0.05, 0) is 19.3 Å². The molecule has 0 aliphatic carbocycles. The summed E-state index contributed by atoms with van der Waals surface area (Å²) < 4.78 is 66.1. The van der Waals surface area contributed by atoms with Gasteiger partial charge in [-0.25, -0.2) is 4.79 Å². The molecule has 0 saturated heterocycles. The molecule has 1 amide bonds. The molecule has 0 unspecified atom stereocenters. The molecule has 0 aromatic heterocycles. The van der Waals surface area contributed by atoms with Crippen LogP contribution in [0.15, 0.2) is 0 Å². The van der Waals surface area contributed by atoms with E-state index in [2.05, 4.69) is 4.74 Å². The van der Waals surface area contributed by atoms with E-state index >= 15 is 0 Å². The fraction of sp³-hybridized carbons (Fsp3) is 0.727. The van der Waals surface area contributed by atoms with Crippen molar-refractivity contribution in [2.45, 2.75) is 44.3 Å². The van der Waals surface area contributed by atoms with Gasteiger partial charge in [0.15, 0.2) is 0 Å². The number of carbonyl (C=O) groups is 3. The molecule has 0 heterocycles. The van der Waals surface area contributed by atoms with Crippen LogP contribution in [0.1, 0.15) is 26.2 Å². The van der Waals surface area contributed by atoms with Gasteiger partial charge in [0.2, 0.25) is 0 Å². The maximum absolute atomic E-state index is 12.8. The normalized spacial score (nSPS) is 13.4. The van der Waals surface area contributed by atoms with E-state index in [9.17, 15) is 41.4 Å². The molecule has 0 spiro atoms. The van der Waals surface area contributed by atoms with Gasteiger partial charge in [-0.3, -0.25) is 4.79 Å². The summed E-state index contributed by atoms with van der Waals surface area (Å²) in [6.45, 7) is 1.41. The standard InChI is InChI=1S/C11H14F5NO5/c1-2-5-22-8(20)6(3-4-7(18)19)17-9(21)10(12,13)11(14,15)16/h6H,2-5H2,1H3,(H,17,21)(H,18,19)/p-1/t6-/m0/s1. The summed E-state index contributed by atoms with van der Waals surface area (Å²) >= 11 is 0. The molecule has 1 atom stereocenters. The molecule has 0 aromatic rings. The molecule has 128 valence electrons. The highest BCUT2D eigenvalue weighted by Gasteiger charge is 2.63. The number of rotatable bonds is 8. The number of alkyl halides is 5. The lowest BCUT2D eigenvalue weighted by Crippen LogP contribution is -2.55. The largest absolute Gasteiger partial charge is 0.550 e. The van der Waals surface area contributed by atoms with Gasteiger partial charge in [0.1, 0.15) is 6.04 Å². The van der Waals surface area contributed by atoms with Crippen molar-refractivity contribution < 1.29 is 46.2 Å². The van der Waals surface area contributed by atoms with E-state index in [-0.39, 0.29) is 6.61 Å². The van der Waals surface area contributed by atoms with E-state index in [1.54, 1.807) is 6.92 Å². The van der Waals surface area contributed by atoms with E-state index in [1.165, 1.54) is 0 Å². The van der Waals surface area contributed by atoms with E-state index in [4.69, 9.17) is 0 Å². The van der Waals surface area contributed by atoms with Crippen molar-refractivity contribution in [1.82, 2.24) is 5.32 Å². The maximum atomic E-state index is 12.8. The van der Waals surface area contributed by atoms with Crippen molar-refractivity contribution in [3.8, 4) is 0 Å². The van der Waals surface area contributed by atoms with Crippen LogP contribution in [0.2, 0.25) is 0 Å². The second kappa shape index (κ2) is 7.90. The molecule has 0 saturated carbocycles. The summed E-state index contributed by atoms with van der Waals surface area (Å²) in [6, 6.07) is -1.95. The highest BCUT2D eigenvalue weighted by Crippen LogP contribution is 2.35. The third-order valence-corrected chi connectivity index (χ3v) is 2.32. The molecule has 22 heavy (non-hydrogen) atoms. The monoisotopic (exact) mass is 334 g/mol. The van der Waals surface area contributed by atoms with Gasteiger partial charge in [-0.1, -0.05) is 6.92 Å². The maximum Gasteiger partial charge on any atom is 0.463 e. The Hall–Kier alpha value is -1.94. The molecule has 0 aliphatic heterocycles. The highest BCUT2D eigenvalue weighted by molar-refractivity contribution is 5.89. The topological polar surface area (TPSA) is 95.5 Å². The molecule has 0 rings (SSSR count). The van der Waals surface area contributed by atoms with E-state index in [0.717, 1.165) is 5.32 Å². The number of aliphatic carboxylic acids is 1. The van der Waals surface area contributed by atoms with Crippen LogP contribution in [0.4, 0.5) is 22.0 Å². The fourth-order valence-electron chi connectivity index (χ4n) is 1.19. The van der Waals surface area contributed by atoms with Gasteiger partial charge in [0.25, 0.3) is 0 Å². The van der Waals surface area contributed by atoms with E-state index < -0.39 is 48.8 Å². The summed E-state index contributed by atoms with van der Waals surface area (Å²) in [4.78, 5) is 32.7. The Balaban J connectivity index is 4.99. The molecule has 1 N–H and O–H groups in total. The fourth-order valence-corrected chi connectivity index (χ4v) is 1.19. The molecule has 0 fully saturated rings. The number of carboxylic acid groups (broad SMARTS) is 1. The number of amides is 1. The number of nitrogens with one attached hydrogen (secondary N) is 1. The quantitative estimate of drug-likeness (QED) is 0.504. The number of halogens is 5. The zero-order valence-corrected chi connectivity index (χ0v) is 11.3. The SMILES string of the molecule is CCCOC(=O)[C@H](CCC(=O)[O-])NC(=O)C(F)(F)C(F)(F)F. The Bertz CT molecular complexity index is 424. The van der Waals surface area contributed by atoms with E-state index in [1.807, 2.05) is 0 Å². The Labute approximate surface area is 121 Å². The molecular formula is C11H13F5NO5-. The molecule has 6 nitrogen and oxygen atoms in total. The van der Waals surface area contributed by atoms with Crippen molar-refractivity contribution in [2.75, 3.05) is 6.61 Å². The summed E-state index contributed by atoms with van der Waals surface area (Å²) in [7, 11) is 0. The molecular weight excluding hydrogens is 321 g/mol.